The van der Waals surface area contributed by atoms with E-state index in [1.165, 1.54) is 44.9 Å². The lowest BCUT2D eigenvalue weighted by molar-refractivity contribution is 0.279. The fourth-order valence-corrected chi connectivity index (χ4v) is 2.94. The summed E-state index contributed by atoms with van der Waals surface area (Å²) in [5.41, 5.74) is 0. The third-order valence-corrected chi connectivity index (χ3v) is 4.02. The first kappa shape index (κ1) is 11.1. The van der Waals surface area contributed by atoms with Crippen LogP contribution >= 0.6 is 0 Å². The van der Waals surface area contributed by atoms with E-state index >= 15 is 0 Å². The first-order valence-electron chi connectivity index (χ1n) is 6.27. The molecule has 0 aromatic heterocycles. The van der Waals surface area contributed by atoms with Gasteiger partial charge in [-0.2, -0.15) is 0 Å². The molecule has 1 saturated carbocycles. The molecule has 1 aliphatic rings. The SMILES string of the molecule is CCC(CC)C1CCCC(C)CC1. The van der Waals surface area contributed by atoms with E-state index in [0.29, 0.717) is 0 Å². The summed E-state index contributed by atoms with van der Waals surface area (Å²) in [6.45, 7) is 7.15. The van der Waals surface area contributed by atoms with E-state index in [4.69, 9.17) is 0 Å². The molecule has 0 heterocycles. The summed E-state index contributed by atoms with van der Waals surface area (Å²) in [7, 11) is 0. The summed E-state index contributed by atoms with van der Waals surface area (Å²) in [6, 6.07) is 0. The first-order valence-corrected chi connectivity index (χ1v) is 6.27. The van der Waals surface area contributed by atoms with Crippen LogP contribution in [0.2, 0.25) is 0 Å². The Labute approximate surface area is 84.1 Å². The van der Waals surface area contributed by atoms with Crippen molar-refractivity contribution < 1.29 is 0 Å². The molecule has 0 saturated heterocycles. The van der Waals surface area contributed by atoms with Gasteiger partial charge in [-0.15, -0.1) is 0 Å². The highest BCUT2D eigenvalue weighted by Crippen LogP contribution is 2.34. The largest absolute Gasteiger partial charge is 0.0651 e. The van der Waals surface area contributed by atoms with Gasteiger partial charge in [0.1, 0.15) is 0 Å². The van der Waals surface area contributed by atoms with E-state index in [0.717, 1.165) is 17.8 Å². The Morgan fingerprint density at radius 2 is 1.69 bits per heavy atom. The van der Waals surface area contributed by atoms with Crippen LogP contribution in [0.3, 0.4) is 0 Å². The van der Waals surface area contributed by atoms with E-state index in [1.807, 2.05) is 0 Å². The van der Waals surface area contributed by atoms with E-state index in [9.17, 15) is 0 Å². The highest BCUT2D eigenvalue weighted by atomic mass is 14.3. The van der Waals surface area contributed by atoms with Crippen molar-refractivity contribution in [2.24, 2.45) is 17.8 Å². The molecule has 1 fully saturated rings. The standard InChI is InChI=1S/C13H26/c1-4-12(5-2)13-8-6-7-11(3)9-10-13/h11-13H,4-10H2,1-3H3. The lowest BCUT2D eigenvalue weighted by Crippen LogP contribution is -2.12. The topological polar surface area (TPSA) is 0 Å². The van der Waals surface area contributed by atoms with Crippen molar-refractivity contribution in [3.8, 4) is 0 Å². The van der Waals surface area contributed by atoms with Crippen LogP contribution in [0, 0.1) is 17.8 Å². The van der Waals surface area contributed by atoms with Crippen LogP contribution in [-0.4, -0.2) is 0 Å². The summed E-state index contributed by atoms with van der Waals surface area (Å²) in [5.74, 6) is 3.07. The zero-order valence-electron chi connectivity index (χ0n) is 9.68. The molecule has 0 N–H and O–H groups in total. The summed E-state index contributed by atoms with van der Waals surface area (Å²) < 4.78 is 0. The molecule has 0 nitrogen and oxygen atoms in total. The molecule has 2 unspecified atom stereocenters. The third-order valence-electron chi connectivity index (χ3n) is 4.02. The van der Waals surface area contributed by atoms with Crippen molar-refractivity contribution in [1.29, 1.82) is 0 Å². The molecule has 2 atom stereocenters. The monoisotopic (exact) mass is 182 g/mol. The van der Waals surface area contributed by atoms with Gasteiger partial charge < -0.3 is 0 Å². The van der Waals surface area contributed by atoms with Crippen LogP contribution in [0.15, 0.2) is 0 Å². The van der Waals surface area contributed by atoms with Crippen LogP contribution in [0.1, 0.15) is 65.7 Å². The average Bonchev–Trinajstić information content (AvgIpc) is 2.34. The van der Waals surface area contributed by atoms with Crippen molar-refractivity contribution in [2.45, 2.75) is 65.7 Å². The summed E-state index contributed by atoms with van der Waals surface area (Å²) >= 11 is 0. The van der Waals surface area contributed by atoms with Crippen molar-refractivity contribution in [2.75, 3.05) is 0 Å². The molecule has 0 heteroatoms. The fourth-order valence-electron chi connectivity index (χ4n) is 2.94. The van der Waals surface area contributed by atoms with Gasteiger partial charge >= 0.3 is 0 Å². The normalized spacial score (nSPS) is 30.5. The third kappa shape index (κ3) is 3.32. The number of rotatable bonds is 3. The van der Waals surface area contributed by atoms with Crippen LogP contribution in [-0.2, 0) is 0 Å². The maximum atomic E-state index is 2.43. The molecule has 0 aromatic carbocycles. The minimum absolute atomic E-state index is 0.999. The second-order valence-electron chi connectivity index (χ2n) is 4.95. The Bertz CT molecular complexity index is 124. The van der Waals surface area contributed by atoms with Gasteiger partial charge in [-0.05, 0) is 24.2 Å². The first-order chi connectivity index (χ1) is 6.27. The molecule has 0 radical (unpaired) electrons. The van der Waals surface area contributed by atoms with Gasteiger partial charge in [-0.3, -0.25) is 0 Å². The van der Waals surface area contributed by atoms with Crippen molar-refractivity contribution >= 4 is 0 Å². The van der Waals surface area contributed by atoms with Crippen molar-refractivity contribution in [1.82, 2.24) is 0 Å². The molecule has 78 valence electrons. The molecular formula is C13H26. The Kier molecular flexibility index (Phi) is 4.83. The molecule has 0 spiro atoms. The molecule has 0 aromatic rings. The molecule has 13 heavy (non-hydrogen) atoms. The Morgan fingerprint density at radius 3 is 2.31 bits per heavy atom. The lowest BCUT2D eigenvalue weighted by atomic mass is 9.82. The van der Waals surface area contributed by atoms with Crippen LogP contribution in [0.25, 0.3) is 0 Å². The van der Waals surface area contributed by atoms with E-state index < -0.39 is 0 Å². The van der Waals surface area contributed by atoms with E-state index in [-0.39, 0.29) is 0 Å². The Balaban J connectivity index is 2.40. The minimum atomic E-state index is 0.999. The Morgan fingerprint density at radius 1 is 1.00 bits per heavy atom. The fraction of sp³-hybridized carbons (Fsp3) is 1.00. The van der Waals surface area contributed by atoms with E-state index in [2.05, 4.69) is 20.8 Å². The van der Waals surface area contributed by atoms with Crippen molar-refractivity contribution in [3.63, 3.8) is 0 Å². The predicted molar refractivity (Wildman–Crippen MR) is 59.8 cm³/mol. The quantitative estimate of drug-likeness (QED) is 0.558. The molecule has 1 aliphatic carbocycles. The zero-order chi connectivity index (χ0) is 9.68. The van der Waals surface area contributed by atoms with Gasteiger partial charge in [-0.25, -0.2) is 0 Å². The van der Waals surface area contributed by atoms with Crippen LogP contribution in [0.4, 0.5) is 0 Å². The minimum Gasteiger partial charge on any atom is -0.0651 e. The van der Waals surface area contributed by atoms with Gasteiger partial charge in [0.05, 0.1) is 0 Å². The van der Waals surface area contributed by atoms with Gasteiger partial charge in [0.25, 0.3) is 0 Å². The molecule has 0 bridgehead atoms. The summed E-state index contributed by atoms with van der Waals surface area (Å²) in [4.78, 5) is 0. The molecule has 0 aliphatic heterocycles. The van der Waals surface area contributed by atoms with Crippen LogP contribution in [0.5, 0.6) is 0 Å². The van der Waals surface area contributed by atoms with Gasteiger partial charge in [0.2, 0.25) is 0 Å². The lowest BCUT2D eigenvalue weighted by Gasteiger charge is -2.23. The maximum Gasteiger partial charge on any atom is -0.0386 e. The zero-order valence-corrected chi connectivity index (χ0v) is 9.68. The summed E-state index contributed by atoms with van der Waals surface area (Å²) in [5, 5.41) is 0. The average molecular weight is 182 g/mol. The second kappa shape index (κ2) is 5.67. The van der Waals surface area contributed by atoms with Gasteiger partial charge in [0, 0.05) is 0 Å². The highest BCUT2D eigenvalue weighted by Gasteiger charge is 2.21. The van der Waals surface area contributed by atoms with E-state index in [1.54, 1.807) is 0 Å². The number of hydrogen-bond donors (Lipinski definition) is 0. The van der Waals surface area contributed by atoms with Crippen molar-refractivity contribution in [3.05, 3.63) is 0 Å². The maximum absolute atomic E-state index is 2.43. The highest BCUT2D eigenvalue weighted by molar-refractivity contribution is 4.73. The van der Waals surface area contributed by atoms with Gasteiger partial charge in [-0.1, -0.05) is 59.3 Å². The molecule has 0 amide bonds. The number of hydrogen-bond acceptors (Lipinski definition) is 0. The Hall–Kier alpha value is 0. The predicted octanol–water partition coefficient (Wildman–Crippen LogP) is 4.64. The van der Waals surface area contributed by atoms with Gasteiger partial charge in [0.15, 0.2) is 0 Å². The van der Waals surface area contributed by atoms with Crippen LogP contribution < -0.4 is 0 Å². The second-order valence-corrected chi connectivity index (χ2v) is 4.95. The molecule has 1 rings (SSSR count). The molecular weight excluding hydrogens is 156 g/mol. The smallest absolute Gasteiger partial charge is 0.0386 e. The summed E-state index contributed by atoms with van der Waals surface area (Å²) in [6.07, 6.45) is 10.3.